The number of nitrogens with one attached hydrogen (secondary N) is 1. The van der Waals surface area contributed by atoms with Gasteiger partial charge in [-0.05, 0) is 177 Å². The first-order chi connectivity index (χ1) is 26.6. The number of nitrogens with zero attached hydrogens (tertiary/aromatic N) is 1. The van der Waals surface area contributed by atoms with Crippen LogP contribution in [-0.4, -0.2) is 11.7 Å². The van der Waals surface area contributed by atoms with Crippen molar-refractivity contribution in [3.05, 3.63) is 119 Å². The lowest BCUT2D eigenvalue weighted by atomic mass is 9.34. The van der Waals surface area contributed by atoms with Crippen LogP contribution in [0.15, 0.2) is 91.0 Å². The van der Waals surface area contributed by atoms with Gasteiger partial charge in [0.05, 0.1) is 0 Å². The minimum atomic E-state index is -0.00625. The number of hydrogen-bond acceptors (Lipinski definition) is 1. The van der Waals surface area contributed by atoms with E-state index in [0.29, 0.717) is 22.7 Å². The van der Waals surface area contributed by atoms with Gasteiger partial charge in [-0.1, -0.05) is 104 Å². The summed E-state index contributed by atoms with van der Waals surface area (Å²) in [5.41, 5.74) is 18.8. The van der Waals surface area contributed by atoms with E-state index in [-0.39, 0.29) is 17.5 Å². The number of hydrogen-bond donors (Lipinski definition) is 1. The molecule has 4 bridgehead atoms. The summed E-state index contributed by atoms with van der Waals surface area (Å²) in [5.74, 6) is 3.17. The summed E-state index contributed by atoms with van der Waals surface area (Å²) < 4.78 is 0. The number of aryl methyl sites for hydroxylation is 1. The number of aromatic nitrogens is 1. The lowest BCUT2D eigenvalue weighted by molar-refractivity contribution is 0.156. The maximum Gasteiger partial charge on any atom is 0.249 e. The lowest BCUT2D eigenvalue weighted by Gasteiger charge is -2.40. The smallest absolute Gasteiger partial charge is 0.249 e. The highest BCUT2D eigenvalue weighted by Gasteiger charge is 2.55. The Labute approximate surface area is 335 Å². The Morgan fingerprint density at radius 2 is 1.21 bits per heavy atom. The fourth-order valence-electron chi connectivity index (χ4n) is 13.0. The van der Waals surface area contributed by atoms with Gasteiger partial charge >= 0.3 is 0 Å². The molecular formula is C53H59BN2. The predicted octanol–water partition coefficient (Wildman–Crippen LogP) is 12.3. The van der Waals surface area contributed by atoms with Crippen LogP contribution in [-0.2, 0) is 10.8 Å². The zero-order valence-corrected chi connectivity index (χ0v) is 35.2. The Morgan fingerprint density at radius 1 is 0.589 bits per heavy atom. The van der Waals surface area contributed by atoms with E-state index in [1.54, 1.807) is 5.56 Å². The molecule has 2 heterocycles. The van der Waals surface area contributed by atoms with E-state index in [1.165, 1.54) is 116 Å². The zero-order valence-electron chi connectivity index (χ0n) is 35.2. The molecule has 2 unspecified atom stereocenters. The molecule has 1 aliphatic heterocycles. The molecule has 0 spiro atoms. The molecule has 2 nitrogen and oxygen atoms in total. The van der Waals surface area contributed by atoms with E-state index in [2.05, 4.69) is 163 Å². The van der Waals surface area contributed by atoms with Crippen LogP contribution in [0.2, 0.25) is 0 Å². The molecule has 3 heteroatoms. The van der Waals surface area contributed by atoms with Gasteiger partial charge in [0, 0.05) is 38.9 Å². The minimum Gasteiger partial charge on any atom is -0.355 e. The molecule has 6 fully saturated rings. The van der Waals surface area contributed by atoms with Gasteiger partial charge in [-0.15, -0.1) is 0 Å². The molecule has 6 saturated carbocycles. The van der Waals surface area contributed by atoms with Gasteiger partial charge in [0.2, 0.25) is 6.71 Å². The Kier molecular flexibility index (Phi) is 7.15. The number of benzene rings is 5. The van der Waals surface area contributed by atoms with E-state index >= 15 is 0 Å². The average molecular weight is 735 g/mol. The van der Waals surface area contributed by atoms with Crippen molar-refractivity contribution in [2.24, 2.45) is 22.7 Å². The highest BCUT2D eigenvalue weighted by molar-refractivity contribution is 6.99. The molecule has 56 heavy (non-hydrogen) atoms. The van der Waals surface area contributed by atoms with E-state index in [9.17, 15) is 0 Å². The number of aromatic amines is 1. The van der Waals surface area contributed by atoms with Crippen molar-refractivity contribution >= 4 is 62.0 Å². The summed E-state index contributed by atoms with van der Waals surface area (Å²) in [6.45, 7) is 21.6. The van der Waals surface area contributed by atoms with Crippen LogP contribution in [0.4, 0.5) is 17.1 Å². The van der Waals surface area contributed by atoms with Crippen molar-refractivity contribution in [2.75, 3.05) is 4.90 Å². The molecule has 7 aliphatic rings. The highest BCUT2D eigenvalue weighted by atomic mass is 15.1. The van der Waals surface area contributed by atoms with Gasteiger partial charge in [-0.2, -0.15) is 0 Å². The topological polar surface area (TPSA) is 19.0 Å². The van der Waals surface area contributed by atoms with Crippen molar-refractivity contribution in [3.8, 4) is 0 Å². The van der Waals surface area contributed by atoms with Gasteiger partial charge < -0.3 is 9.88 Å². The van der Waals surface area contributed by atoms with Gasteiger partial charge in [-0.3, -0.25) is 0 Å². The predicted molar refractivity (Wildman–Crippen MR) is 240 cm³/mol. The fourth-order valence-corrected chi connectivity index (χ4v) is 13.0. The molecule has 6 aliphatic carbocycles. The number of anilines is 3. The van der Waals surface area contributed by atoms with Crippen LogP contribution < -0.4 is 21.3 Å². The molecule has 2 atom stereocenters. The Bertz CT molecular complexity index is 2580. The molecule has 13 rings (SSSR count). The Balaban J connectivity index is 1.15. The molecule has 5 aromatic carbocycles. The van der Waals surface area contributed by atoms with Crippen molar-refractivity contribution in [2.45, 2.75) is 124 Å². The van der Waals surface area contributed by atoms with Crippen molar-refractivity contribution in [1.29, 1.82) is 0 Å². The van der Waals surface area contributed by atoms with Crippen molar-refractivity contribution in [1.82, 2.24) is 4.98 Å². The first-order valence-corrected chi connectivity index (χ1v) is 21.8. The minimum absolute atomic E-state index is 0.00625. The summed E-state index contributed by atoms with van der Waals surface area (Å²) in [4.78, 5) is 6.65. The molecule has 1 aromatic heterocycles. The van der Waals surface area contributed by atoms with Gasteiger partial charge in [-0.25, -0.2) is 0 Å². The molecule has 0 saturated heterocycles. The molecule has 1 N–H and O–H groups in total. The van der Waals surface area contributed by atoms with Crippen LogP contribution >= 0.6 is 0 Å². The normalized spacial score (nSPS) is 27.7. The van der Waals surface area contributed by atoms with Crippen LogP contribution in [0.3, 0.4) is 0 Å². The summed E-state index contributed by atoms with van der Waals surface area (Å²) in [7, 11) is 0. The van der Waals surface area contributed by atoms with E-state index < -0.39 is 0 Å². The second-order valence-corrected chi connectivity index (χ2v) is 22.0. The standard InChI is InChI=1S/C53H59BN2/c1-31-10-17-43-48(20-31)56(38-15-11-34(12-16-38)41-21-32-27-52(41,8)28-32)47-19-13-35(42-22-33-29-53(42,9)30-33)23-44(47)54(43)45-26-37(51(5,6)7)25-40-39-24-36(50(2,3)4)14-18-46(39)55-49(40)45/h10-20,23-26,32-33,41-42,55H,21-22,27-30H2,1-9H3. The first kappa shape index (κ1) is 35.0. The Hall–Kier alpha value is -4.24. The van der Waals surface area contributed by atoms with Crippen LogP contribution in [0.25, 0.3) is 21.8 Å². The van der Waals surface area contributed by atoms with Crippen LogP contribution in [0.1, 0.15) is 134 Å². The summed E-state index contributed by atoms with van der Waals surface area (Å²) in [6, 6.07) is 37.0. The molecular weight excluding hydrogens is 675 g/mol. The maximum absolute atomic E-state index is 4.04. The quantitative estimate of drug-likeness (QED) is 0.178. The first-order valence-electron chi connectivity index (χ1n) is 21.8. The molecule has 6 aromatic rings. The second kappa shape index (κ2) is 11.5. The lowest BCUT2D eigenvalue weighted by Crippen LogP contribution is -2.58. The van der Waals surface area contributed by atoms with Gasteiger partial charge in [0.25, 0.3) is 0 Å². The Morgan fingerprint density at radius 3 is 1.84 bits per heavy atom. The zero-order chi connectivity index (χ0) is 38.7. The highest BCUT2D eigenvalue weighted by Crippen LogP contribution is 2.66. The summed E-state index contributed by atoms with van der Waals surface area (Å²) >= 11 is 0. The van der Waals surface area contributed by atoms with E-state index in [0.717, 1.165) is 11.8 Å². The largest absolute Gasteiger partial charge is 0.355 e. The van der Waals surface area contributed by atoms with Crippen LogP contribution in [0, 0.1) is 29.6 Å². The summed E-state index contributed by atoms with van der Waals surface area (Å²) in [6.07, 6.45) is 8.30. The monoisotopic (exact) mass is 734 g/mol. The van der Waals surface area contributed by atoms with Gasteiger partial charge in [0.15, 0.2) is 0 Å². The summed E-state index contributed by atoms with van der Waals surface area (Å²) in [5, 5.41) is 2.68. The number of rotatable bonds is 4. The van der Waals surface area contributed by atoms with Gasteiger partial charge in [0.1, 0.15) is 0 Å². The second-order valence-electron chi connectivity index (χ2n) is 22.0. The SMILES string of the molecule is Cc1ccc2c(c1)N(c1ccc(C3CC4CC3(C)C4)cc1)c1ccc(C3CC4CC3(C)C4)cc1B2c1cc(C(C)(C)C)cc2c1[nH]c1ccc(C(C)(C)C)cc12. The maximum atomic E-state index is 4.04. The van der Waals surface area contributed by atoms with E-state index in [4.69, 9.17) is 0 Å². The number of H-pyrrole nitrogens is 1. The molecule has 284 valence electrons. The fraction of sp³-hybridized carbons (Fsp3) is 0.434. The van der Waals surface area contributed by atoms with E-state index in [1.807, 2.05) is 0 Å². The van der Waals surface area contributed by atoms with Crippen LogP contribution in [0.5, 0.6) is 0 Å². The third kappa shape index (κ3) is 5.07. The molecule has 0 radical (unpaired) electrons. The number of fused-ring (bicyclic) bond motifs is 7. The average Bonchev–Trinajstić information content (AvgIpc) is 3.92. The third-order valence-corrected chi connectivity index (χ3v) is 15.9. The molecule has 0 amide bonds. The van der Waals surface area contributed by atoms with Crippen molar-refractivity contribution < 1.29 is 0 Å². The van der Waals surface area contributed by atoms with Crippen molar-refractivity contribution in [3.63, 3.8) is 0 Å². The third-order valence-electron chi connectivity index (χ3n) is 15.9.